The minimum absolute atomic E-state index is 0.0724. The third kappa shape index (κ3) is 4.94. The monoisotopic (exact) mass is 369 g/mol. The van der Waals surface area contributed by atoms with Gasteiger partial charge in [0.15, 0.2) is 0 Å². The van der Waals surface area contributed by atoms with Crippen molar-refractivity contribution in [3.05, 3.63) is 18.0 Å². The molecule has 2 aliphatic heterocycles. The van der Waals surface area contributed by atoms with Crippen LogP contribution in [-0.2, 0) is 16.4 Å². The summed E-state index contributed by atoms with van der Waals surface area (Å²) in [5.41, 5.74) is 0.903. The average Bonchev–Trinajstić information content (AvgIpc) is 3.08. The van der Waals surface area contributed by atoms with Crippen molar-refractivity contribution in [2.45, 2.75) is 44.3 Å². The summed E-state index contributed by atoms with van der Waals surface area (Å²) in [4.78, 5) is 16.3. The lowest BCUT2D eigenvalue weighted by Gasteiger charge is -2.39. The molecule has 0 bridgehead atoms. The van der Waals surface area contributed by atoms with Crippen molar-refractivity contribution in [3.8, 4) is 0 Å². The number of carbonyl (C=O) groups is 1. The van der Waals surface area contributed by atoms with Gasteiger partial charge in [0.05, 0.1) is 23.7 Å². The van der Waals surface area contributed by atoms with E-state index in [0.29, 0.717) is 24.1 Å². The minimum atomic E-state index is -2.81. The van der Waals surface area contributed by atoms with Gasteiger partial charge in [-0.25, -0.2) is 13.2 Å². The van der Waals surface area contributed by atoms with Gasteiger partial charge in [-0.1, -0.05) is 0 Å². The number of nitrogens with one attached hydrogen (secondary N) is 2. The van der Waals surface area contributed by atoms with E-state index >= 15 is 0 Å². The molecule has 0 unspecified atom stereocenters. The number of piperidine rings is 1. The number of nitrogens with zero attached hydrogens (tertiary/aromatic N) is 3. The molecule has 3 rings (SSSR count). The van der Waals surface area contributed by atoms with Crippen LogP contribution in [0.5, 0.6) is 0 Å². The first kappa shape index (κ1) is 18.2. The predicted octanol–water partition coefficient (Wildman–Crippen LogP) is 0.593. The number of aromatic amines is 1. The second-order valence-corrected chi connectivity index (χ2v) is 9.38. The Balaban J connectivity index is 1.41. The zero-order valence-corrected chi connectivity index (χ0v) is 15.5. The standard InChI is InChI=1S/C16H27N5O3S/c1-20(12-14-2-7-17-19-14)16(22)18-13-3-8-21(9-4-13)15-5-10-25(23,24)11-6-15/h2,7,13,15H,3-6,8-12H2,1H3,(H,17,19)(H,18,22). The second kappa shape index (κ2) is 7.74. The number of carbonyl (C=O) groups excluding carboxylic acids is 1. The Morgan fingerprint density at radius 2 is 2.00 bits per heavy atom. The van der Waals surface area contributed by atoms with E-state index in [4.69, 9.17) is 0 Å². The summed E-state index contributed by atoms with van der Waals surface area (Å²) in [5.74, 6) is 0.624. The number of H-pyrrole nitrogens is 1. The maximum absolute atomic E-state index is 12.3. The number of rotatable bonds is 4. The topological polar surface area (TPSA) is 98.4 Å². The summed E-state index contributed by atoms with van der Waals surface area (Å²) in [6, 6.07) is 2.34. The molecule has 140 valence electrons. The summed E-state index contributed by atoms with van der Waals surface area (Å²) in [6.45, 7) is 2.33. The van der Waals surface area contributed by atoms with Gasteiger partial charge in [0.1, 0.15) is 9.84 Å². The quantitative estimate of drug-likeness (QED) is 0.809. The van der Waals surface area contributed by atoms with Crippen molar-refractivity contribution < 1.29 is 13.2 Å². The van der Waals surface area contributed by atoms with Crippen LogP contribution in [0.4, 0.5) is 4.79 Å². The third-order valence-electron chi connectivity index (χ3n) is 5.21. The number of hydrogen-bond donors (Lipinski definition) is 2. The van der Waals surface area contributed by atoms with Crippen molar-refractivity contribution in [3.63, 3.8) is 0 Å². The van der Waals surface area contributed by atoms with Crippen LogP contribution in [0.3, 0.4) is 0 Å². The Hall–Kier alpha value is -1.61. The highest BCUT2D eigenvalue weighted by Gasteiger charge is 2.31. The molecule has 2 N–H and O–H groups in total. The number of hydrogen-bond acceptors (Lipinski definition) is 5. The first-order valence-corrected chi connectivity index (χ1v) is 10.7. The van der Waals surface area contributed by atoms with Crippen molar-refractivity contribution in [1.82, 2.24) is 25.3 Å². The van der Waals surface area contributed by atoms with Gasteiger partial charge in [-0.15, -0.1) is 0 Å². The Kier molecular flexibility index (Phi) is 5.63. The van der Waals surface area contributed by atoms with Crippen molar-refractivity contribution >= 4 is 15.9 Å². The van der Waals surface area contributed by atoms with Gasteiger partial charge in [0.25, 0.3) is 0 Å². The van der Waals surface area contributed by atoms with Crippen molar-refractivity contribution in [2.24, 2.45) is 0 Å². The molecule has 0 aliphatic carbocycles. The lowest BCUT2D eigenvalue weighted by atomic mass is 10.0. The van der Waals surface area contributed by atoms with Gasteiger partial charge in [0, 0.05) is 38.4 Å². The van der Waals surface area contributed by atoms with Crippen LogP contribution in [0, 0.1) is 0 Å². The van der Waals surface area contributed by atoms with E-state index < -0.39 is 9.84 Å². The molecule has 0 aromatic carbocycles. The molecule has 0 atom stereocenters. The van der Waals surface area contributed by atoms with Crippen LogP contribution >= 0.6 is 0 Å². The minimum Gasteiger partial charge on any atom is -0.335 e. The molecule has 0 saturated carbocycles. The highest BCUT2D eigenvalue weighted by Crippen LogP contribution is 2.22. The predicted molar refractivity (Wildman–Crippen MR) is 94.9 cm³/mol. The fourth-order valence-corrected chi connectivity index (χ4v) is 5.10. The molecule has 1 aromatic heterocycles. The van der Waals surface area contributed by atoms with E-state index in [1.807, 2.05) is 6.07 Å². The molecule has 0 radical (unpaired) electrons. The largest absolute Gasteiger partial charge is 0.335 e. The van der Waals surface area contributed by atoms with E-state index in [1.165, 1.54) is 0 Å². The molecule has 8 nitrogen and oxygen atoms in total. The Morgan fingerprint density at radius 3 is 2.60 bits per heavy atom. The van der Waals surface area contributed by atoms with Crippen LogP contribution in [0.15, 0.2) is 12.3 Å². The van der Waals surface area contributed by atoms with E-state index in [1.54, 1.807) is 18.1 Å². The average molecular weight is 369 g/mol. The Bertz CT molecular complexity index is 654. The molecule has 0 spiro atoms. The van der Waals surface area contributed by atoms with Gasteiger partial charge in [-0.2, -0.15) is 5.10 Å². The maximum atomic E-state index is 12.3. The van der Waals surface area contributed by atoms with E-state index in [9.17, 15) is 13.2 Å². The Morgan fingerprint density at radius 1 is 1.32 bits per heavy atom. The molecule has 3 heterocycles. The van der Waals surface area contributed by atoms with Crippen LogP contribution in [0.25, 0.3) is 0 Å². The Labute approximate surface area is 148 Å². The van der Waals surface area contributed by atoms with Gasteiger partial charge in [-0.05, 0) is 31.7 Å². The molecule has 2 saturated heterocycles. The molecule has 2 amide bonds. The zero-order valence-electron chi connectivity index (χ0n) is 14.6. The van der Waals surface area contributed by atoms with Gasteiger partial charge in [-0.3, -0.25) is 5.10 Å². The van der Waals surface area contributed by atoms with Gasteiger partial charge in [0.2, 0.25) is 0 Å². The number of likely N-dealkylation sites (tertiary alicyclic amines) is 1. The molecular formula is C16H27N5O3S. The van der Waals surface area contributed by atoms with Crippen molar-refractivity contribution in [1.29, 1.82) is 0 Å². The highest BCUT2D eigenvalue weighted by atomic mass is 32.2. The zero-order chi connectivity index (χ0) is 17.9. The van der Waals surface area contributed by atoms with Crippen LogP contribution in [0.1, 0.15) is 31.4 Å². The van der Waals surface area contributed by atoms with Crippen molar-refractivity contribution in [2.75, 3.05) is 31.6 Å². The first-order chi connectivity index (χ1) is 11.9. The number of amides is 2. The fourth-order valence-electron chi connectivity index (χ4n) is 3.64. The van der Waals surface area contributed by atoms with Crippen LogP contribution in [0.2, 0.25) is 0 Å². The molecule has 2 fully saturated rings. The number of sulfone groups is 1. The highest BCUT2D eigenvalue weighted by molar-refractivity contribution is 7.91. The summed E-state index contributed by atoms with van der Waals surface area (Å²) in [6.07, 6.45) is 4.98. The summed E-state index contributed by atoms with van der Waals surface area (Å²) in [7, 11) is -1.04. The molecule has 2 aliphatic rings. The van der Waals surface area contributed by atoms with E-state index in [0.717, 1.165) is 44.5 Å². The molecule has 1 aromatic rings. The lowest BCUT2D eigenvalue weighted by Crippen LogP contribution is -2.51. The van der Waals surface area contributed by atoms with Gasteiger partial charge >= 0.3 is 6.03 Å². The summed E-state index contributed by atoms with van der Waals surface area (Å²) in [5, 5.41) is 9.84. The number of urea groups is 1. The lowest BCUT2D eigenvalue weighted by molar-refractivity contribution is 0.132. The van der Waals surface area contributed by atoms with E-state index in [-0.39, 0.29) is 12.1 Å². The maximum Gasteiger partial charge on any atom is 0.317 e. The smallest absolute Gasteiger partial charge is 0.317 e. The number of aromatic nitrogens is 2. The molecule has 25 heavy (non-hydrogen) atoms. The molecule has 9 heteroatoms. The third-order valence-corrected chi connectivity index (χ3v) is 6.93. The van der Waals surface area contributed by atoms with E-state index in [2.05, 4.69) is 20.4 Å². The van der Waals surface area contributed by atoms with Crippen LogP contribution in [-0.4, -0.2) is 78.2 Å². The summed E-state index contributed by atoms with van der Waals surface area (Å²) < 4.78 is 23.1. The van der Waals surface area contributed by atoms with Gasteiger partial charge < -0.3 is 15.1 Å². The molecular weight excluding hydrogens is 342 g/mol. The first-order valence-electron chi connectivity index (χ1n) is 8.87. The van der Waals surface area contributed by atoms with Crippen LogP contribution < -0.4 is 5.32 Å². The second-order valence-electron chi connectivity index (χ2n) is 7.08. The summed E-state index contributed by atoms with van der Waals surface area (Å²) >= 11 is 0. The fraction of sp³-hybridized carbons (Fsp3) is 0.750. The SMILES string of the molecule is CN(Cc1ccn[nH]1)C(=O)NC1CCN(C2CCS(=O)(=O)CC2)CC1. The normalized spacial score (nSPS) is 22.6.